The molecule has 26 heavy (non-hydrogen) atoms. The second-order valence-corrected chi connectivity index (χ2v) is 8.85. The Morgan fingerprint density at radius 1 is 1.08 bits per heavy atom. The molecule has 136 valence electrons. The molecule has 2 aromatic rings. The second kappa shape index (κ2) is 7.43. The zero-order chi connectivity index (χ0) is 19.5. The molecule has 2 aromatic carbocycles. The van der Waals surface area contributed by atoms with Gasteiger partial charge < -0.3 is 4.79 Å². The highest BCUT2D eigenvalue weighted by molar-refractivity contribution is 7.92. The van der Waals surface area contributed by atoms with Crippen LogP contribution in [0.3, 0.4) is 0 Å². The van der Waals surface area contributed by atoms with Crippen molar-refractivity contribution in [2.75, 3.05) is 0 Å². The van der Waals surface area contributed by atoms with Crippen molar-refractivity contribution >= 4 is 15.6 Å². The Bertz CT molecular complexity index is 949. The van der Waals surface area contributed by atoms with Crippen molar-refractivity contribution in [3.63, 3.8) is 0 Å². The highest BCUT2D eigenvalue weighted by Crippen LogP contribution is 2.41. The third-order valence-corrected chi connectivity index (χ3v) is 7.21. The lowest BCUT2D eigenvalue weighted by Crippen LogP contribution is -2.36. The number of carbonyl (C=O) groups excluding carboxylic acids is 1. The summed E-state index contributed by atoms with van der Waals surface area (Å²) in [6.07, 6.45) is -0.0520. The minimum absolute atomic E-state index is 0.0195. The van der Waals surface area contributed by atoms with Gasteiger partial charge in [0, 0.05) is 6.42 Å². The molecule has 0 radical (unpaired) electrons. The van der Waals surface area contributed by atoms with Crippen LogP contribution < -0.4 is 0 Å². The minimum atomic E-state index is -4.05. The number of carbonyl (C=O) groups is 1. The van der Waals surface area contributed by atoms with Gasteiger partial charge in [-0.2, -0.15) is 5.26 Å². The van der Waals surface area contributed by atoms with Crippen LogP contribution in [0.1, 0.15) is 42.0 Å². The van der Waals surface area contributed by atoms with Crippen LogP contribution in [0.25, 0.3) is 0 Å². The van der Waals surface area contributed by atoms with Gasteiger partial charge in [0.1, 0.15) is 5.78 Å². The standard InChI is InChI=1S/C21H23NO3S/c1-15-12-16(2)20(17(3)13-15)26(24,25)21(14-22,11-10-18(4)23)19-8-6-5-7-9-19/h5-9,12-13H,10-11H2,1-4H3/t21-/m0/s1. The van der Waals surface area contributed by atoms with Gasteiger partial charge in [-0.05, 0) is 50.8 Å². The van der Waals surface area contributed by atoms with Gasteiger partial charge in [0.05, 0.1) is 11.0 Å². The van der Waals surface area contributed by atoms with E-state index in [0.717, 1.165) is 5.56 Å². The number of benzene rings is 2. The van der Waals surface area contributed by atoms with E-state index in [1.54, 1.807) is 56.3 Å². The lowest BCUT2D eigenvalue weighted by molar-refractivity contribution is -0.117. The molecule has 5 heteroatoms. The second-order valence-electron chi connectivity index (χ2n) is 6.74. The summed E-state index contributed by atoms with van der Waals surface area (Å²) in [6.45, 7) is 6.79. The maximum Gasteiger partial charge on any atom is 0.202 e. The summed E-state index contributed by atoms with van der Waals surface area (Å²) in [6, 6.07) is 14.1. The number of rotatable bonds is 6. The molecule has 0 heterocycles. The summed E-state index contributed by atoms with van der Waals surface area (Å²) in [4.78, 5) is 11.8. The molecule has 0 unspecified atom stereocenters. The zero-order valence-corrected chi connectivity index (χ0v) is 16.4. The van der Waals surface area contributed by atoms with Crippen molar-refractivity contribution in [1.29, 1.82) is 5.26 Å². The molecule has 0 aliphatic rings. The molecule has 0 aromatic heterocycles. The third kappa shape index (κ3) is 3.42. The molecule has 0 saturated carbocycles. The number of nitriles is 1. The zero-order valence-electron chi connectivity index (χ0n) is 15.5. The molecule has 1 atom stereocenters. The Hall–Kier alpha value is -2.45. The van der Waals surface area contributed by atoms with E-state index in [2.05, 4.69) is 6.07 Å². The van der Waals surface area contributed by atoms with Crippen LogP contribution in [0.4, 0.5) is 0 Å². The quantitative estimate of drug-likeness (QED) is 0.766. The molecule has 0 amide bonds. The van der Waals surface area contributed by atoms with Crippen LogP contribution >= 0.6 is 0 Å². The summed E-state index contributed by atoms with van der Waals surface area (Å²) in [5.41, 5.74) is 2.58. The van der Waals surface area contributed by atoms with Gasteiger partial charge in [0.25, 0.3) is 0 Å². The van der Waals surface area contributed by atoms with E-state index in [1.807, 2.05) is 6.92 Å². The lowest BCUT2D eigenvalue weighted by Gasteiger charge is -2.28. The summed E-state index contributed by atoms with van der Waals surface area (Å²) in [5, 5.41) is 10.0. The number of ketones is 1. The average Bonchev–Trinajstić information content (AvgIpc) is 2.55. The van der Waals surface area contributed by atoms with Crippen molar-refractivity contribution in [2.45, 2.75) is 50.2 Å². The molecular weight excluding hydrogens is 346 g/mol. The maximum absolute atomic E-state index is 13.7. The fourth-order valence-corrected chi connectivity index (χ4v) is 5.69. The van der Waals surface area contributed by atoms with Crippen LogP contribution in [0.15, 0.2) is 47.4 Å². The highest BCUT2D eigenvalue weighted by Gasteiger charge is 2.48. The van der Waals surface area contributed by atoms with Gasteiger partial charge in [-0.1, -0.05) is 48.0 Å². The first-order valence-corrected chi connectivity index (χ1v) is 9.92. The van der Waals surface area contributed by atoms with Gasteiger partial charge in [-0.15, -0.1) is 0 Å². The van der Waals surface area contributed by atoms with Gasteiger partial charge in [0.15, 0.2) is 4.75 Å². The molecule has 0 N–H and O–H groups in total. The van der Waals surface area contributed by atoms with Crippen molar-refractivity contribution in [3.05, 3.63) is 64.7 Å². The van der Waals surface area contributed by atoms with Crippen LogP contribution in [0.5, 0.6) is 0 Å². The van der Waals surface area contributed by atoms with Gasteiger partial charge >= 0.3 is 0 Å². The summed E-state index contributed by atoms with van der Waals surface area (Å²) < 4.78 is 25.6. The van der Waals surface area contributed by atoms with E-state index in [0.29, 0.717) is 16.7 Å². The largest absolute Gasteiger partial charge is 0.300 e. The van der Waals surface area contributed by atoms with Crippen LogP contribution in [-0.2, 0) is 19.4 Å². The number of aryl methyl sites for hydroxylation is 3. The Balaban J connectivity index is 2.81. The predicted molar refractivity (Wildman–Crippen MR) is 101 cm³/mol. The van der Waals surface area contributed by atoms with E-state index in [1.165, 1.54) is 6.92 Å². The van der Waals surface area contributed by atoms with Crippen LogP contribution in [0.2, 0.25) is 0 Å². The molecular formula is C21H23NO3S. The summed E-state index contributed by atoms with van der Waals surface area (Å²) in [5.74, 6) is -0.145. The van der Waals surface area contributed by atoms with Gasteiger partial charge in [-0.3, -0.25) is 0 Å². The average molecular weight is 369 g/mol. The monoisotopic (exact) mass is 369 g/mol. The summed E-state index contributed by atoms with van der Waals surface area (Å²) >= 11 is 0. The van der Waals surface area contributed by atoms with E-state index < -0.39 is 14.6 Å². The maximum atomic E-state index is 13.7. The van der Waals surface area contributed by atoms with Crippen molar-refractivity contribution in [3.8, 4) is 6.07 Å². The highest BCUT2D eigenvalue weighted by atomic mass is 32.2. The van der Waals surface area contributed by atoms with E-state index in [4.69, 9.17) is 0 Å². The minimum Gasteiger partial charge on any atom is -0.300 e. The Labute approximate surface area is 155 Å². The van der Waals surface area contributed by atoms with Crippen LogP contribution in [0, 0.1) is 32.1 Å². The topological polar surface area (TPSA) is 75.0 Å². The third-order valence-electron chi connectivity index (χ3n) is 4.58. The number of hydrogen-bond acceptors (Lipinski definition) is 4. The molecule has 2 rings (SSSR count). The molecule has 0 aliphatic carbocycles. The number of Topliss-reactive ketones (excluding diaryl/α,β-unsaturated/α-hetero) is 1. The van der Waals surface area contributed by atoms with E-state index >= 15 is 0 Å². The van der Waals surface area contributed by atoms with E-state index in [9.17, 15) is 18.5 Å². The number of hydrogen-bond donors (Lipinski definition) is 0. The van der Waals surface area contributed by atoms with Crippen LogP contribution in [-0.4, -0.2) is 14.2 Å². The smallest absolute Gasteiger partial charge is 0.202 e. The molecule has 0 saturated heterocycles. The molecule has 0 fully saturated rings. The first kappa shape index (κ1) is 19.9. The molecule has 0 aliphatic heterocycles. The van der Waals surface area contributed by atoms with Crippen molar-refractivity contribution in [1.82, 2.24) is 0 Å². The van der Waals surface area contributed by atoms with Crippen molar-refractivity contribution in [2.24, 2.45) is 0 Å². The number of sulfone groups is 1. The molecule has 0 bridgehead atoms. The number of nitrogens with zero attached hydrogens (tertiary/aromatic N) is 1. The fraction of sp³-hybridized carbons (Fsp3) is 0.333. The van der Waals surface area contributed by atoms with Gasteiger partial charge in [-0.25, -0.2) is 8.42 Å². The fourth-order valence-electron chi connectivity index (χ4n) is 3.44. The Morgan fingerprint density at radius 3 is 2.08 bits per heavy atom. The Kier molecular flexibility index (Phi) is 5.68. The Morgan fingerprint density at radius 2 is 1.62 bits per heavy atom. The lowest BCUT2D eigenvalue weighted by atomic mass is 9.93. The SMILES string of the molecule is CC(=O)CC[C@](C#N)(c1ccccc1)S(=O)(=O)c1c(C)cc(C)cc1C. The first-order valence-electron chi connectivity index (χ1n) is 8.44. The van der Waals surface area contributed by atoms with E-state index in [-0.39, 0.29) is 23.5 Å². The van der Waals surface area contributed by atoms with Crippen molar-refractivity contribution < 1.29 is 13.2 Å². The first-order chi connectivity index (χ1) is 12.2. The molecule has 4 nitrogen and oxygen atoms in total. The summed E-state index contributed by atoms with van der Waals surface area (Å²) in [7, 11) is -4.05. The molecule has 0 spiro atoms. The predicted octanol–water partition coefficient (Wildman–Crippen LogP) is 4.17. The van der Waals surface area contributed by atoms with Gasteiger partial charge in [0.2, 0.25) is 9.84 Å². The normalized spacial score (nSPS) is 13.7.